The number of benzene rings is 1. The van der Waals surface area contributed by atoms with Crippen molar-refractivity contribution in [2.24, 2.45) is 5.92 Å². The molecule has 1 aromatic carbocycles. The molecule has 0 radical (unpaired) electrons. The van der Waals surface area contributed by atoms with Gasteiger partial charge < -0.3 is 14.5 Å². The Morgan fingerprint density at radius 2 is 1.93 bits per heavy atom. The predicted octanol–water partition coefficient (Wildman–Crippen LogP) is 1.54. The Morgan fingerprint density at radius 1 is 1.15 bits per heavy atom. The third-order valence-electron chi connectivity index (χ3n) is 4.97. The number of anilines is 1. The second-order valence-electron chi connectivity index (χ2n) is 6.91. The summed E-state index contributed by atoms with van der Waals surface area (Å²) in [6.45, 7) is 2.92. The van der Waals surface area contributed by atoms with Crippen LogP contribution in [0.15, 0.2) is 42.7 Å². The van der Waals surface area contributed by atoms with E-state index in [9.17, 15) is 9.59 Å². The number of ether oxygens (including phenoxy) is 1. The number of carbonyl (C=O) groups is 2. The summed E-state index contributed by atoms with van der Waals surface area (Å²) in [5, 5.41) is 0. The van der Waals surface area contributed by atoms with E-state index in [1.54, 1.807) is 11.1 Å². The van der Waals surface area contributed by atoms with Crippen LogP contribution in [0.2, 0.25) is 0 Å². The third-order valence-corrected chi connectivity index (χ3v) is 4.97. The number of morpholine rings is 1. The van der Waals surface area contributed by atoms with Gasteiger partial charge in [-0.05, 0) is 24.5 Å². The van der Waals surface area contributed by atoms with Gasteiger partial charge in [0.2, 0.25) is 5.91 Å². The average Bonchev–Trinajstić information content (AvgIpc) is 3.09. The molecule has 1 aromatic heterocycles. The minimum atomic E-state index is -0.110. The smallest absolute Gasteiger partial charge is 0.274 e. The molecule has 7 heteroatoms. The molecular weight excluding hydrogens is 344 g/mol. The molecule has 4 rings (SSSR count). The zero-order valence-electron chi connectivity index (χ0n) is 15.1. The number of rotatable bonds is 4. The highest BCUT2D eigenvalue weighted by molar-refractivity contribution is 5.95. The Morgan fingerprint density at radius 3 is 2.70 bits per heavy atom. The molecule has 2 aromatic rings. The van der Waals surface area contributed by atoms with Crippen molar-refractivity contribution >= 4 is 17.5 Å². The molecule has 2 aliphatic rings. The number of para-hydroxylation sites is 1. The molecule has 7 nitrogen and oxygen atoms in total. The number of nitrogens with zero attached hydrogens (tertiary/aromatic N) is 4. The number of aromatic nitrogens is 2. The summed E-state index contributed by atoms with van der Waals surface area (Å²) >= 11 is 0. The standard InChI is InChI=1S/C20H22N4O3/c25-19-11-15(14-24(19)17-4-2-1-3-5-17)10-16-12-21-13-18(22-16)20(26)23-6-8-27-9-7-23/h1-5,12-13,15H,6-11,14H2/t15-/m0/s1. The predicted molar refractivity (Wildman–Crippen MR) is 99.4 cm³/mol. The van der Waals surface area contributed by atoms with Gasteiger partial charge in [0, 0.05) is 37.9 Å². The lowest BCUT2D eigenvalue weighted by Gasteiger charge is -2.26. The lowest BCUT2D eigenvalue weighted by atomic mass is 10.0. The minimum absolute atomic E-state index is 0.110. The Balaban J connectivity index is 1.43. The van der Waals surface area contributed by atoms with E-state index in [0.717, 1.165) is 11.4 Å². The summed E-state index contributed by atoms with van der Waals surface area (Å²) in [5.74, 6) is 0.182. The van der Waals surface area contributed by atoms with E-state index in [-0.39, 0.29) is 17.7 Å². The molecule has 3 heterocycles. The summed E-state index contributed by atoms with van der Waals surface area (Å²) in [4.78, 5) is 37.2. The van der Waals surface area contributed by atoms with Gasteiger partial charge in [-0.2, -0.15) is 0 Å². The van der Waals surface area contributed by atoms with Crippen LogP contribution in [0.25, 0.3) is 0 Å². The van der Waals surface area contributed by atoms with Crippen molar-refractivity contribution in [2.75, 3.05) is 37.7 Å². The first kappa shape index (κ1) is 17.6. The Bertz CT molecular complexity index is 821. The fraction of sp³-hybridized carbons (Fsp3) is 0.400. The Hall–Kier alpha value is -2.80. The fourth-order valence-corrected chi connectivity index (χ4v) is 3.61. The zero-order valence-corrected chi connectivity index (χ0v) is 15.1. The number of hydrogen-bond acceptors (Lipinski definition) is 5. The van der Waals surface area contributed by atoms with Crippen LogP contribution < -0.4 is 4.90 Å². The van der Waals surface area contributed by atoms with E-state index in [1.807, 2.05) is 35.2 Å². The van der Waals surface area contributed by atoms with Gasteiger partial charge in [-0.1, -0.05) is 18.2 Å². The van der Waals surface area contributed by atoms with Gasteiger partial charge in [-0.15, -0.1) is 0 Å². The highest BCUT2D eigenvalue weighted by Crippen LogP contribution is 2.26. The van der Waals surface area contributed by atoms with Crippen LogP contribution in [-0.2, 0) is 16.0 Å². The first-order valence-electron chi connectivity index (χ1n) is 9.24. The van der Waals surface area contributed by atoms with E-state index in [1.165, 1.54) is 6.20 Å². The zero-order chi connectivity index (χ0) is 18.6. The fourth-order valence-electron chi connectivity index (χ4n) is 3.61. The molecule has 2 fully saturated rings. The van der Waals surface area contributed by atoms with E-state index >= 15 is 0 Å². The maximum absolute atomic E-state index is 12.6. The van der Waals surface area contributed by atoms with Crippen LogP contribution in [0.4, 0.5) is 5.69 Å². The van der Waals surface area contributed by atoms with E-state index < -0.39 is 0 Å². The molecule has 2 amide bonds. The number of hydrogen-bond donors (Lipinski definition) is 0. The van der Waals surface area contributed by atoms with Crippen LogP contribution >= 0.6 is 0 Å². The van der Waals surface area contributed by atoms with Crippen LogP contribution in [0, 0.1) is 5.92 Å². The maximum atomic E-state index is 12.6. The molecule has 2 aliphatic heterocycles. The molecule has 0 bridgehead atoms. The van der Waals surface area contributed by atoms with E-state index in [0.29, 0.717) is 51.4 Å². The van der Waals surface area contributed by atoms with Crippen molar-refractivity contribution in [3.05, 3.63) is 54.1 Å². The van der Waals surface area contributed by atoms with E-state index in [4.69, 9.17) is 4.74 Å². The van der Waals surface area contributed by atoms with Crippen LogP contribution in [0.5, 0.6) is 0 Å². The van der Waals surface area contributed by atoms with Crippen molar-refractivity contribution in [3.8, 4) is 0 Å². The molecular formula is C20H22N4O3. The molecule has 0 aliphatic carbocycles. The number of carbonyl (C=O) groups excluding carboxylic acids is 2. The normalized spacial score (nSPS) is 20.1. The molecule has 0 spiro atoms. The van der Waals surface area contributed by atoms with Gasteiger partial charge in [-0.3, -0.25) is 14.6 Å². The van der Waals surface area contributed by atoms with Gasteiger partial charge in [0.25, 0.3) is 5.91 Å². The van der Waals surface area contributed by atoms with Crippen LogP contribution in [0.1, 0.15) is 22.6 Å². The summed E-state index contributed by atoms with van der Waals surface area (Å²) in [6.07, 6.45) is 4.31. The van der Waals surface area contributed by atoms with Gasteiger partial charge in [0.1, 0.15) is 5.69 Å². The van der Waals surface area contributed by atoms with Crippen LogP contribution in [-0.4, -0.2) is 59.5 Å². The monoisotopic (exact) mass is 366 g/mol. The largest absolute Gasteiger partial charge is 0.378 e. The lowest BCUT2D eigenvalue weighted by molar-refractivity contribution is -0.117. The highest BCUT2D eigenvalue weighted by Gasteiger charge is 2.31. The SMILES string of the molecule is O=C(c1cncc(C[C@H]2CC(=O)N(c3ccccc3)C2)n1)N1CCOCC1. The average molecular weight is 366 g/mol. The van der Waals surface area contributed by atoms with Crippen molar-refractivity contribution in [1.29, 1.82) is 0 Å². The quantitative estimate of drug-likeness (QED) is 0.821. The second kappa shape index (κ2) is 7.84. The van der Waals surface area contributed by atoms with Gasteiger partial charge in [-0.25, -0.2) is 4.98 Å². The summed E-state index contributed by atoms with van der Waals surface area (Å²) in [7, 11) is 0. The van der Waals surface area contributed by atoms with Crippen molar-refractivity contribution in [3.63, 3.8) is 0 Å². The van der Waals surface area contributed by atoms with Crippen molar-refractivity contribution in [1.82, 2.24) is 14.9 Å². The first-order valence-corrected chi connectivity index (χ1v) is 9.24. The minimum Gasteiger partial charge on any atom is -0.378 e. The molecule has 27 heavy (non-hydrogen) atoms. The molecule has 0 saturated carbocycles. The molecule has 140 valence electrons. The summed E-state index contributed by atoms with van der Waals surface area (Å²) in [5.41, 5.74) is 2.03. The Labute approximate surface area is 158 Å². The van der Waals surface area contributed by atoms with Gasteiger partial charge in [0.05, 0.1) is 25.1 Å². The summed E-state index contributed by atoms with van der Waals surface area (Å²) in [6, 6.07) is 9.70. The highest BCUT2D eigenvalue weighted by atomic mass is 16.5. The molecule has 1 atom stereocenters. The van der Waals surface area contributed by atoms with E-state index in [2.05, 4.69) is 9.97 Å². The summed E-state index contributed by atoms with van der Waals surface area (Å²) < 4.78 is 5.29. The van der Waals surface area contributed by atoms with Crippen LogP contribution in [0.3, 0.4) is 0 Å². The van der Waals surface area contributed by atoms with Gasteiger partial charge in [0.15, 0.2) is 0 Å². The topological polar surface area (TPSA) is 75.6 Å². The van der Waals surface area contributed by atoms with Crippen molar-refractivity contribution < 1.29 is 14.3 Å². The first-order chi connectivity index (χ1) is 13.2. The van der Waals surface area contributed by atoms with Gasteiger partial charge >= 0.3 is 0 Å². The molecule has 0 N–H and O–H groups in total. The lowest BCUT2D eigenvalue weighted by Crippen LogP contribution is -2.41. The molecule has 2 saturated heterocycles. The molecule has 0 unspecified atom stereocenters. The number of amides is 2. The van der Waals surface area contributed by atoms with Crippen molar-refractivity contribution in [2.45, 2.75) is 12.8 Å². The Kier molecular flexibility index (Phi) is 5.11. The second-order valence-corrected chi connectivity index (χ2v) is 6.91. The third kappa shape index (κ3) is 3.98. The maximum Gasteiger partial charge on any atom is 0.274 e.